The summed E-state index contributed by atoms with van der Waals surface area (Å²) in [5.74, 6) is -0.745. The SMILES string of the molecule is COc1ccc(CCNC(=O)C(=O)NC[C@H]2CCCN2S(=O)(=O)c2ccccc2)cc1. The zero-order valence-electron chi connectivity index (χ0n) is 17.4. The molecular weight excluding hydrogens is 418 g/mol. The number of amides is 2. The molecule has 2 amide bonds. The van der Waals surface area contributed by atoms with Crippen LogP contribution in [0.2, 0.25) is 0 Å². The molecule has 166 valence electrons. The Balaban J connectivity index is 1.47. The summed E-state index contributed by atoms with van der Waals surface area (Å²) in [6.45, 7) is 0.805. The number of ether oxygens (including phenoxy) is 1. The van der Waals surface area contributed by atoms with E-state index in [0.717, 1.165) is 11.3 Å². The van der Waals surface area contributed by atoms with Gasteiger partial charge in [-0.3, -0.25) is 9.59 Å². The number of carbonyl (C=O) groups excluding carboxylic acids is 2. The van der Waals surface area contributed by atoms with E-state index in [1.165, 1.54) is 4.31 Å². The Morgan fingerprint density at radius 1 is 1.03 bits per heavy atom. The summed E-state index contributed by atoms with van der Waals surface area (Å²) in [5.41, 5.74) is 1.01. The Bertz CT molecular complexity index is 994. The minimum absolute atomic E-state index is 0.0940. The monoisotopic (exact) mass is 445 g/mol. The first kappa shape index (κ1) is 22.8. The Kier molecular flexibility index (Phi) is 7.64. The van der Waals surface area contributed by atoms with Gasteiger partial charge in [0.15, 0.2) is 0 Å². The highest BCUT2D eigenvalue weighted by molar-refractivity contribution is 7.89. The standard InChI is InChI=1S/C22H27N3O5S/c1-30-19-11-9-17(10-12-19)13-14-23-21(26)22(27)24-16-18-6-5-15-25(18)31(28,29)20-7-3-2-4-8-20/h2-4,7-12,18H,5-6,13-16H2,1H3,(H,23,26)(H,24,27)/t18-/m1/s1. The molecule has 2 aromatic rings. The predicted octanol–water partition coefficient (Wildman–Crippen LogP) is 1.32. The molecule has 31 heavy (non-hydrogen) atoms. The fourth-order valence-corrected chi connectivity index (χ4v) is 5.25. The molecule has 2 aromatic carbocycles. The number of hydrogen-bond acceptors (Lipinski definition) is 5. The van der Waals surface area contributed by atoms with E-state index in [1.807, 2.05) is 24.3 Å². The summed E-state index contributed by atoms with van der Waals surface area (Å²) < 4.78 is 32.2. The molecule has 8 nitrogen and oxygen atoms in total. The highest BCUT2D eigenvalue weighted by Gasteiger charge is 2.35. The number of methoxy groups -OCH3 is 1. The van der Waals surface area contributed by atoms with Crippen LogP contribution in [-0.2, 0) is 26.0 Å². The van der Waals surface area contributed by atoms with Crippen molar-refractivity contribution in [3.05, 3.63) is 60.2 Å². The van der Waals surface area contributed by atoms with Gasteiger partial charge in [-0.25, -0.2) is 8.42 Å². The fourth-order valence-electron chi connectivity index (χ4n) is 3.54. The second kappa shape index (κ2) is 10.4. The van der Waals surface area contributed by atoms with Gasteiger partial charge in [0.25, 0.3) is 0 Å². The molecule has 0 saturated carbocycles. The fraction of sp³-hybridized carbons (Fsp3) is 0.364. The van der Waals surface area contributed by atoms with Crippen molar-refractivity contribution in [3.63, 3.8) is 0 Å². The van der Waals surface area contributed by atoms with Gasteiger partial charge in [-0.2, -0.15) is 4.31 Å². The molecule has 0 spiro atoms. The number of benzene rings is 2. The smallest absolute Gasteiger partial charge is 0.309 e. The van der Waals surface area contributed by atoms with Crippen molar-refractivity contribution in [1.82, 2.24) is 14.9 Å². The van der Waals surface area contributed by atoms with Gasteiger partial charge in [-0.05, 0) is 49.1 Å². The molecule has 0 aliphatic carbocycles. The van der Waals surface area contributed by atoms with E-state index in [-0.39, 0.29) is 17.5 Å². The highest BCUT2D eigenvalue weighted by Crippen LogP contribution is 2.25. The first-order chi connectivity index (χ1) is 14.9. The van der Waals surface area contributed by atoms with Gasteiger partial charge in [0.2, 0.25) is 10.0 Å². The third-order valence-electron chi connectivity index (χ3n) is 5.24. The highest BCUT2D eigenvalue weighted by atomic mass is 32.2. The Hall–Kier alpha value is -2.91. The molecule has 0 aromatic heterocycles. The lowest BCUT2D eigenvalue weighted by Crippen LogP contribution is -2.47. The number of rotatable bonds is 8. The van der Waals surface area contributed by atoms with Crippen molar-refractivity contribution >= 4 is 21.8 Å². The molecule has 9 heteroatoms. The van der Waals surface area contributed by atoms with E-state index in [9.17, 15) is 18.0 Å². The minimum Gasteiger partial charge on any atom is -0.497 e. The first-order valence-electron chi connectivity index (χ1n) is 10.2. The lowest BCUT2D eigenvalue weighted by molar-refractivity contribution is -0.139. The number of nitrogens with one attached hydrogen (secondary N) is 2. The summed E-state index contributed by atoms with van der Waals surface area (Å²) >= 11 is 0. The van der Waals surface area contributed by atoms with Crippen molar-refractivity contribution in [3.8, 4) is 5.75 Å². The van der Waals surface area contributed by atoms with E-state index < -0.39 is 21.8 Å². The van der Waals surface area contributed by atoms with Crippen molar-refractivity contribution < 1.29 is 22.7 Å². The average molecular weight is 446 g/mol. The van der Waals surface area contributed by atoms with Crippen LogP contribution in [0.3, 0.4) is 0 Å². The Morgan fingerprint density at radius 3 is 2.39 bits per heavy atom. The maximum Gasteiger partial charge on any atom is 0.309 e. The quantitative estimate of drug-likeness (QED) is 0.597. The van der Waals surface area contributed by atoms with Crippen LogP contribution in [0.25, 0.3) is 0 Å². The molecule has 1 heterocycles. The van der Waals surface area contributed by atoms with Crippen molar-refractivity contribution in [2.75, 3.05) is 26.7 Å². The van der Waals surface area contributed by atoms with Crippen LogP contribution >= 0.6 is 0 Å². The molecule has 1 aliphatic rings. The van der Waals surface area contributed by atoms with Gasteiger partial charge in [0.1, 0.15) is 5.75 Å². The summed E-state index contributed by atoms with van der Waals surface area (Å²) in [6, 6.07) is 15.3. The second-order valence-corrected chi connectivity index (χ2v) is 9.18. The summed E-state index contributed by atoms with van der Waals surface area (Å²) in [4.78, 5) is 24.4. The number of hydrogen-bond donors (Lipinski definition) is 2. The van der Waals surface area contributed by atoms with Gasteiger partial charge < -0.3 is 15.4 Å². The van der Waals surface area contributed by atoms with E-state index in [0.29, 0.717) is 32.4 Å². The van der Waals surface area contributed by atoms with Crippen LogP contribution in [0.5, 0.6) is 5.75 Å². The Morgan fingerprint density at radius 2 is 1.71 bits per heavy atom. The van der Waals surface area contributed by atoms with Gasteiger partial charge in [-0.15, -0.1) is 0 Å². The third kappa shape index (κ3) is 5.83. The van der Waals surface area contributed by atoms with E-state index >= 15 is 0 Å². The van der Waals surface area contributed by atoms with Gasteiger partial charge >= 0.3 is 11.8 Å². The van der Waals surface area contributed by atoms with Crippen LogP contribution in [-0.4, -0.2) is 57.3 Å². The molecule has 1 fully saturated rings. The summed E-state index contributed by atoms with van der Waals surface area (Å²) in [6.07, 6.45) is 1.92. The minimum atomic E-state index is -3.63. The van der Waals surface area contributed by atoms with Crippen molar-refractivity contribution in [2.45, 2.75) is 30.2 Å². The number of sulfonamides is 1. The maximum atomic E-state index is 12.9. The molecule has 2 N–H and O–H groups in total. The molecule has 1 aliphatic heterocycles. The van der Waals surface area contributed by atoms with Crippen LogP contribution < -0.4 is 15.4 Å². The van der Waals surface area contributed by atoms with Crippen molar-refractivity contribution in [2.24, 2.45) is 0 Å². The molecule has 0 unspecified atom stereocenters. The zero-order chi connectivity index (χ0) is 22.3. The number of carbonyl (C=O) groups is 2. The summed E-state index contributed by atoms with van der Waals surface area (Å²) in [5, 5.41) is 5.16. The molecule has 0 bridgehead atoms. The summed E-state index contributed by atoms with van der Waals surface area (Å²) in [7, 11) is -2.04. The van der Waals surface area contributed by atoms with E-state index in [2.05, 4.69) is 10.6 Å². The zero-order valence-corrected chi connectivity index (χ0v) is 18.2. The maximum absolute atomic E-state index is 12.9. The lowest BCUT2D eigenvalue weighted by Gasteiger charge is -2.24. The predicted molar refractivity (Wildman–Crippen MR) is 116 cm³/mol. The van der Waals surface area contributed by atoms with Gasteiger partial charge in [0, 0.05) is 25.7 Å². The first-order valence-corrected chi connectivity index (χ1v) is 11.6. The van der Waals surface area contributed by atoms with Crippen LogP contribution in [0.15, 0.2) is 59.5 Å². The third-order valence-corrected chi connectivity index (χ3v) is 7.20. The molecule has 1 saturated heterocycles. The van der Waals surface area contributed by atoms with Gasteiger partial charge in [-0.1, -0.05) is 30.3 Å². The lowest BCUT2D eigenvalue weighted by atomic mass is 10.1. The molecular formula is C22H27N3O5S. The van der Waals surface area contributed by atoms with E-state index in [1.54, 1.807) is 37.4 Å². The van der Waals surface area contributed by atoms with E-state index in [4.69, 9.17) is 4.74 Å². The Labute approximate surface area is 182 Å². The topological polar surface area (TPSA) is 105 Å². The van der Waals surface area contributed by atoms with Crippen LogP contribution in [0, 0.1) is 0 Å². The average Bonchev–Trinajstić information content (AvgIpc) is 3.28. The molecule has 0 radical (unpaired) electrons. The largest absolute Gasteiger partial charge is 0.497 e. The molecule has 1 atom stereocenters. The van der Waals surface area contributed by atoms with Crippen molar-refractivity contribution in [1.29, 1.82) is 0 Å². The van der Waals surface area contributed by atoms with Gasteiger partial charge in [0.05, 0.1) is 12.0 Å². The molecule has 3 rings (SSSR count). The normalized spacial score (nSPS) is 16.6. The number of nitrogens with zero attached hydrogens (tertiary/aromatic N) is 1. The second-order valence-electron chi connectivity index (χ2n) is 7.29. The van der Waals surface area contributed by atoms with Crippen LogP contribution in [0.1, 0.15) is 18.4 Å². The van der Waals surface area contributed by atoms with Crippen LogP contribution in [0.4, 0.5) is 0 Å².